The maximum absolute atomic E-state index is 13.8. The third kappa shape index (κ3) is 4.30. The lowest BCUT2D eigenvalue weighted by Gasteiger charge is -2.39. The molecule has 4 nitrogen and oxygen atoms in total. The summed E-state index contributed by atoms with van der Waals surface area (Å²) in [6, 6.07) is 13.6. The molecule has 1 aliphatic rings. The molecule has 3 rings (SSSR count). The van der Waals surface area contributed by atoms with Gasteiger partial charge >= 0.3 is 0 Å². The monoisotopic (exact) mass is 367 g/mol. The first-order valence-electron chi connectivity index (χ1n) is 8.06. The molecule has 0 amide bonds. The maximum Gasteiger partial charge on any atom is 0.123 e. The molecule has 1 fully saturated rings. The molecular formula is C19H23ClFNO3. The highest BCUT2D eigenvalue weighted by atomic mass is 35.5. The van der Waals surface area contributed by atoms with Crippen LogP contribution in [0.3, 0.4) is 0 Å². The number of rotatable bonds is 5. The number of hydrogen-bond acceptors (Lipinski definition) is 4. The Morgan fingerprint density at radius 1 is 1.28 bits per heavy atom. The van der Waals surface area contributed by atoms with Gasteiger partial charge in [-0.25, -0.2) is 4.39 Å². The van der Waals surface area contributed by atoms with Gasteiger partial charge in [0.2, 0.25) is 0 Å². The van der Waals surface area contributed by atoms with Gasteiger partial charge in [0, 0.05) is 19.5 Å². The summed E-state index contributed by atoms with van der Waals surface area (Å²) in [6.45, 7) is 1.75. The third-order valence-corrected chi connectivity index (χ3v) is 4.44. The fraction of sp³-hybridized carbons (Fsp3) is 0.368. The van der Waals surface area contributed by atoms with Crippen LogP contribution < -0.4 is 10.1 Å². The summed E-state index contributed by atoms with van der Waals surface area (Å²) in [7, 11) is 1.60. The summed E-state index contributed by atoms with van der Waals surface area (Å²) in [5, 5.41) is 14.7. The van der Waals surface area contributed by atoms with E-state index in [1.165, 1.54) is 12.1 Å². The van der Waals surface area contributed by atoms with E-state index in [0.29, 0.717) is 24.5 Å². The first-order valence-corrected chi connectivity index (χ1v) is 8.06. The number of aliphatic hydroxyl groups is 1. The molecular weight excluding hydrogens is 345 g/mol. The minimum Gasteiger partial charge on any atom is -0.496 e. The molecule has 136 valence electrons. The Kier molecular flexibility index (Phi) is 6.79. The second kappa shape index (κ2) is 8.63. The third-order valence-electron chi connectivity index (χ3n) is 4.44. The highest BCUT2D eigenvalue weighted by molar-refractivity contribution is 5.85. The van der Waals surface area contributed by atoms with Gasteiger partial charge in [-0.2, -0.15) is 0 Å². The van der Waals surface area contributed by atoms with Gasteiger partial charge in [0.15, 0.2) is 0 Å². The predicted molar refractivity (Wildman–Crippen MR) is 96.9 cm³/mol. The molecule has 6 heteroatoms. The van der Waals surface area contributed by atoms with Gasteiger partial charge in [-0.3, -0.25) is 0 Å². The summed E-state index contributed by atoms with van der Waals surface area (Å²) in [5.74, 6) is 0.311. The van der Waals surface area contributed by atoms with E-state index in [0.717, 1.165) is 12.1 Å². The van der Waals surface area contributed by atoms with Crippen LogP contribution in [-0.4, -0.2) is 38.0 Å². The summed E-state index contributed by atoms with van der Waals surface area (Å²) in [6.07, 6.45) is -0.203. The number of ether oxygens (including phenoxy) is 2. The van der Waals surface area contributed by atoms with Crippen molar-refractivity contribution in [3.63, 3.8) is 0 Å². The summed E-state index contributed by atoms with van der Waals surface area (Å²) < 4.78 is 25.0. The Balaban J connectivity index is 0.00000225. The Bertz CT molecular complexity index is 694. The van der Waals surface area contributed by atoms with E-state index in [4.69, 9.17) is 9.47 Å². The van der Waals surface area contributed by atoms with Gasteiger partial charge in [-0.15, -0.1) is 12.4 Å². The van der Waals surface area contributed by atoms with Crippen molar-refractivity contribution >= 4 is 12.4 Å². The Morgan fingerprint density at radius 3 is 2.76 bits per heavy atom. The van der Waals surface area contributed by atoms with Crippen molar-refractivity contribution in [1.29, 1.82) is 0 Å². The topological polar surface area (TPSA) is 50.7 Å². The summed E-state index contributed by atoms with van der Waals surface area (Å²) in [4.78, 5) is 0. The van der Waals surface area contributed by atoms with E-state index < -0.39 is 11.7 Å². The number of nitrogens with one attached hydrogen (secondary N) is 1. The molecule has 1 aliphatic heterocycles. The fourth-order valence-corrected chi connectivity index (χ4v) is 3.17. The quantitative estimate of drug-likeness (QED) is 0.853. The molecule has 2 N–H and O–H groups in total. The Morgan fingerprint density at radius 2 is 2.08 bits per heavy atom. The molecule has 0 radical (unpaired) electrons. The highest BCUT2D eigenvalue weighted by Gasteiger charge is 2.41. The lowest BCUT2D eigenvalue weighted by Crippen LogP contribution is -2.52. The standard InChI is InChI=1S/C19H22FNO3.ClH/c1-23-17-8-3-2-5-14(17)12-19(22,18-13-21-9-10-24-18)15-6-4-7-16(20)11-15;/h2-8,11,18,21-22H,9-10,12-13H2,1H3;1H. The van der Waals surface area contributed by atoms with Crippen LogP contribution in [0.15, 0.2) is 48.5 Å². The average Bonchev–Trinajstić information content (AvgIpc) is 2.63. The number of para-hydroxylation sites is 1. The van der Waals surface area contributed by atoms with E-state index >= 15 is 0 Å². The van der Waals surface area contributed by atoms with Crippen LogP contribution in [0.25, 0.3) is 0 Å². The van der Waals surface area contributed by atoms with E-state index in [1.54, 1.807) is 19.2 Å². The van der Waals surface area contributed by atoms with Gasteiger partial charge in [-0.05, 0) is 29.3 Å². The van der Waals surface area contributed by atoms with Gasteiger partial charge < -0.3 is 19.9 Å². The molecule has 2 aromatic carbocycles. The smallest absolute Gasteiger partial charge is 0.123 e. The van der Waals surface area contributed by atoms with Crippen molar-refractivity contribution in [2.45, 2.75) is 18.1 Å². The molecule has 1 saturated heterocycles. The summed E-state index contributed by atoms with van der Waals surface area (Å²) >= 11 is 0. The maximum atomic E-state index is 13.8. The van der Waals surface area contributed by atoms with Crippen molar-refractivity contribution in [1.82, 2.24) is 5.32 Å². The average molecular weight is 368 g/mol. The van der Waals surface area contributed by atoms with E-state index in [1.807, 2.05) is 24.3 Å². The Labute approximate surface area is 153 Å². The molecule has 2 atom stereocenters. The number of halogens is 2. The van der Waals surface area contributed by atoms with Gasteiger partial charge in [0.25, 0.3) is 0 Å². The number of benzene rings is 2. The molecule has 1 heterocycles. The zero-order valence-electron chi connectivity index (χ0n) is 14.1. The van der Waals surface area contributed by atoms with Crippen molar-refractivity contribution in [3.8, 4) is 5.75 Å². The second-order valence-corrected chi connectivity index (χ2v) is 5.99. The number of morpholine rings is 1. The largest absolute Gasteiger partial charge is 0.496 e. The number of methoxy groups -OCH3 is 1. The minimum atomic E-state index is -1.36. The molecule has 0 bridgehead atoms. The predicted octanol–water partition coefficient (Wildman–Crippen LogP) is 2.67. The summed E-state index contributed by atoms with van der Waals surface area (Å²) in [5.41, 5.74) is -0.00695. The van der Waals surface area contributed by atoms with Crippen LogP contribution in [-0.2, 0) is 16.8 Å². The molecule has 0 spiro atoms. The lowest BCUT2D eigenvalue weighted by molar-refractivity contribution is -0.124. The molecule has 0 aliphatic carbocycles. The second-order valence-electron chi connectivity index (χ2n) is 5.99. The van der Waals surface area contributed by atoms with Crippen molar-refractivity contribution in [3.05, 3.63) is 65.5 Å². The minimum absolute atomic E-state index is 0. The number of hydrogen-bond donors (Lipinski definition) is 2. The van der Waals surface area contributed by atoms with E-state index in [2.05, 4.69) is 5.32 Å². The van der Waals surface area contributed by atoms with Gasteiger partial charge in [0.1, 0.15) is 23.3 Å². The normalized spacial score (nSPS) is 19.6. The van der Waals surface area contributed by atoms with Crippen molar-refractivity contribution in [2.24, 2.45) is 0 Å². The Hall–Kier alpha value is -1.66. The van der Waals surface area contributed by atoms with Gasteiger partial charge in [0.05, 0.1) is 13.7 Å². The first-order chi connectivity index (χ1) is 11.6. The van der Waals surface area contributed by atoms with Crippen LogP contribution in [0.2, 0.25) is 0 Å². The van der Waals surface area contributed by atoms with Crippen molar-refractivity contribution < 1.29 is 19.0 Å². The fourth-order valence-electron chi connectivity index (χ4n) is 3.17. The van der Waals surface area contributed by atoms with Crippen LogP contribution in [0, 0.1) is 5.82 Å². The van der Waals surface area contributed by atoms with Crippen LogP contribution in [0.5, 0.6) is 5.75 Å². The first kappa shape index (κ1) is 19.7. The zero-order valence-corrected chi connectivity index (χ0v) is 14.9. The van der Waals surface area contributed by atoms with Crippen molar-refractivity contribution in [2.75, 3.05) is 26.8 Å². The molecule has 25 heavy (non-hydrogen) atoms. The van der Waals surface area contributed by atoms with Crippen LogP contribution in [0.4, 0.5) is 4.39 Å². The molecule has 2 unspecified atom stereocenters. The van der Waals surface area contributed by atoms with Gasteiger partial charge in [-0.1, -0.05) is 30.3 Å². The van der Waals surface area contributed by atoms with E-state index in [9.17, 15) is 9.50 Å². The highest BCUT2D eigenvalue weighted by Crippen LogP contribution is 2.35. The van der Waals surface area contributed by atoms with Crippen LogP contribution in [0.1, 0.15) is 11.1 Å². The lowest BCUT2D eigenvalue weighted by atomic mass is 9.81. The zero-order chi connectivity index (χ0) is 17.0. The molecule has 0 aromatic heterocycles. The van der Waals surface area contributed by atoms with E-state index in [-0.39, 0.29) is 24.6 Å². The van der Waals surface area contributed by atoms with Crippen LogP contribution >= 0.6 is 12.4 Å². The molecule has 2 aromatic rings. The SMILES string of the molecule is COc1ccccc1CC(O)(c1cccc(F)c1)C1CNCCO1.Cl. The molecule has 0 saturated carbocycles.